The third kappa shape index (κ3) is 6.82. The van der Waals surface area contributed by atoms with E-state index in [0.29, 0.717) is 11.5 Å². The van der Waals surface area contributed by atoms with Crippen LogP contribution in [0.2, 0.25) is 0 Å². The molecule has 0 bridgehead atoms. The zero-order valence-corrected chi connectivity index (χ0v) is 17.8. The van der Waals surface area contributed by atoms with E-state index in [4.69, 9.17) is 0 Å². The Bertz CT molecular complexity index is 596. The molecule has 2 N–H and O–H groups in total. The lowest BCUT2D eigenvalue weighted by Crippen LogP contribution is -2.53. The number of carbonyl (C=O) groups excluding carboxylic acids is 2. The van der Waals surface area contributed by atoms with Crippen molar-refractivity contribution in [3.05, 3.63) is 35.4 Å². The Balaban J connectivity index is 0.00000364. The van der Waals surface area contributed by atoms with Crippen LogP contribution in [0.25, 0.3) is 0 Å². The van der Waals surface area contributed by atoms with E-state index in [9.17, 15) is 9.59 Å². The number of nitrogens with one attached hydrogen (secondary N) is 2. The Morgan fingerprint density at radius 2 is 1.74 bits per heavy atom. The molecule has 1 aliphatic rings. The number of halogens is 1. The van der Waals surface area contributed by atoms with Crippen molar-refractivity contribution < 1.29 is 9.59 Å². The monoisotopic (exact) mass is 395 g/mol. The molecule has 0 aliphatic carbocycles. The van der Waals surface area contributed by atoms with Crippen LogP contribution in [-0.4, -0.2) is 49.4 Å². The van der Waals surface area contributed by atoms with Gasteiger partial charge in [-0.1, -0.05) is 31.5 Å². The van der Waals surface area contributed by atoms with Crippen LogP contribution in [0.1, 0.15) is 49.0 Å². The maximum atomic E-state index is 13.0. The van der Waals surface area contributed by atoms with Crippen LogP contribution in [0, 0.1) is 18.8 Å². The van der Waals surface area contributed by atoms with Crippen molar-refractivity contribution in [3.63, 3.8) is 0 Å². The van der Waals surface area contributed by atoms with Gasteiger partial charge in [-0.15, -0.1) is 12.4 Å². The molecule has 27 heavy (non-hydrogen) atoms. The SMILES string of the molecule is CNCCC1CCN(C(=O)C(NC(=O)c2ccc(C)cc2)C(C)C)CC1.Cl. The van der Waals surface area contributed by atoms with Crippen LogP contribution in [0.15, 0.2) is 24.3 Å². The van der Waals surface area contributed by atoms with Crippen molar-refractivity contribution in [2.75, 3.05) is 26.7 Å². The summed E-state index contributed by atoms with van der Waals surface area (Å²) in [5, 5.41) is 6.15. The predicted molar refractivity (Wildman–Crippen MR) is 112 cm³/mol. The summed E-state index contributed by atoms with van der Waals surface area (Å²) >= 11 is 0. The molecular weight excluding hydrogens is 362 g/mol. The van der Waals surface area contributed by atoms with Gasteiger partial charge in [-0.3, -0.25) is 9.59 Å². The van der Waals surface area contributed by atoms with Gasteiger partial charge in [0.25, 0.3) is 5.91 Å². The summed E-state index contributed by atoms with van der Waals surface area (Å²) in [6.45, 7) is 8.56. The first-order chi connectivity index (χ1) is 12.4. The lowest BCUT2D eigenvalue weighted by atomic mass is 9.92. The lowest BCUT2D eigenvalue weighted by molar-refractivity contribution is -0.135. The van der Waals surface area contributed by atoms with E-state index < -0.39 is 6.04 Å². The zero-order chi connectivity index (χ0) is 19.1. The smallest absolute Gasteiger partial charge is 0.251 e. The number of hydrogen-bond acceptors (Lipinski definition) is 3. The summed E-state index contributed by atoms with van der Waals surface area (Å²) in [5.41, 5.74) is 1.71. The highest BCUT2D eigenvalue weighted by atomic mass is 35.5. The van der Waals surface area contributed by atoms with E-state index in [0.717, 1.165) is 44.5 Å². The second-order valence-electron chi connectivity index (χ2n) is 7.72. The Morgan fingerprint density at radius 1 is 1.15 bits per heavy atom. The number of nitrogens with zero attached hydrogens (tertiary/aromatic N) is 1. The Kier molecular flexibility index (Phi) is 9.81. The topological polar surface area (TPSA) is 61.4 Å². The van der Waals surface area contributed by atoms with Gasteiger partial charge in [0, 0.05) is 18.7 Å². The zero-order valence-electron chi connectivity index (χ0n) is 17.0. The van der Waals surface area contributed by atoms with Gasteiger partial charge in [0.1, 0.15) is 6.04 Å². The van der Waals surface area contributed by atoms with Gasteiger partial charge in [0.15, 0.2) is 0 Å². The summed E-state index contributed by atoms with van der Waals surface area (Å²) in [4.78, 5) is 27.4. The molecule has 152 valence electrons. The Morgan fingerprint density at radius 3 is 2.26 bits per heavy atom. The highest BCUT2D eigenvalue weighted by Gasteiger charge is 2.31. The molecule has 1 heterocycles. The molecule has 0 radical (unpaired) electrons. The lowest BCUT2D eigenvalue weighted by Gasteiger charge is -2.35. The van der Waals surface area contributed by atoms with Crippen LogP contribution in [-0.2, 0) is 4.79 Å². The molecule has 5 nitrogen and oxygen atoms in total. The standard InChI is InChI=1S/C21H33N3O2.ClH/c1-15(2)19(23-20(25)18-7-5-16(3)6-8-18)21(26)24-13-10-17(11-14-24)9-12-22-4;/h5-8,15,17,19,22H,9-14H2,1-4H3,(H,23,25);1H. The van der Waals surface area contributed by atoms with Crippen LogP contribution < -0.4 is 10.6 Å². The second-order valence-corrected chi connectivity index (χ2v) is 7.72. The molecule has 0 aromatic heterocycles. The minimum Gasteiger partial charge on any atom is -0.341 e. The number of rotatable bonds is 7. The first-order valence-corrected chi connectivity index (χ1v) is 9.73. The molecule has 0 spiro atoms. The summed E-state index contributed by atoms with van der Waals surface area (Å²) in [6.07, 6.45) is 3.25. The predicted octanol–water partition coefficient (Wildman–Crippen LogP) is 3.02. The van der Waals surface area contributed by atoms with Crippen molar-refractivity contribution in [1.29, 1.82) is 0 Å². The van der Waals surface area contributed by atoms with Gasteiger partial charge in [-0.05, 0) is 63.7 Å². The van der Waals surface area contributed by atoms with Crippen molar-refractivity contribution in [2.45, 2.75) is 46.1 Å². The minimum atomic E-state index is -0.474. The third-order valence-electron chi connectivity index (χ3n) is 5.26. The first kappa shape index (κ1) is 23.4. The number of hydrogen-bond donors (Lipinski definition) is 2. The fourth-order valence-electron chi connectivity index (χ4n) is 3.43. The molecular formula is C21H34ClN3O2. The van der Waals surface area contributed by atoms with Crippen molar-refractivity contribution >= 4 is 24.2 Å². The summed E-state index contributed by atoms with van der Waals surface area (Å²) in [6, 6.07) is 6.96. The number of aryl methyl sites for hydroxylation is 1. The fourth-order valence-corrected chi connectivity index (χ4v) is 3.43. The van der Waals surface area contributed by atoms with E-state index in [1.165, 1.54) is 0 Å². The highest BCUT2D eigenvalue weighted by molar-refractivity contribution is 5.97. The molecule has 0 saturated carbocycles. The molecule has 1 unspecified atom stereocenters. The molecule has 1 aliphatic heterocycles. The van der Waals surface area contributed by atoms with Crippen molar-refractivity contribution in [3.8, 4) is 0 Å². The average Bonchev–Trinajstić information content (AvgIpc) is 2.64. The fraction of sp³-hybridized carbons (Fsp3) is 0.619. The quantitative estimate of drug-likeness (QED) is 0.746. The number of benzene rings is 1. The van der Waals surface area contributed by atoms with Gasteiger partial charge in [-0.2, -0.15) is 0 Å². The molecule has 2 rings (SSSR count). The highest BCUT2D eigenvalue weighted by Crippen LogP contribution is 2.21. The third-order valence-corrected chi connectivity index (χ3v) is 5.26. The summed E-state index contributed by atoms with van der Waals surface area (Å²) < 4.78 is 0. The van der Waals surface area contributed by atoms with E-state index in [2.05, 4.69) is 10.6 Å². The second kappa shape index (κ2) is 11.3. The molecule has 6 heteroatoms. The number of carbonyl (C=O) groups is 2. The van der Waals surface area contributed by atoms with Crippen molar-refractivity contribution in [2.24, 2.45) is 11.8 Å². The van der Waals surface area contributed by atoms with E-state index >= 15 is 0 Å². The van der Waals surface area contributed by atoms with Crippen molar-refractivity contribution in [1.82, 2.24) is 15.5 Å². The number of likely N-dealkylation sites (tertiary alicyclic amines) is 1. The maximum Gasteiger partial charge on any atom is 0.251 e. The molecule has 1 fully saturated rings. The largest absolute Gasteiger partial charge is 0.341 e. The van der Waals surface area contributed by atoms with Crippen LogP contribution in [0.5, 0.6) is 0 Å². The van der Waals surface area contributed by atoms with E-state index in [1.807, 2.05) is 44.9 Å². The maximum absolute atomic E-state index is 13.0. The summed E-state index contributed by atoms with van der Waals surface area (Å²) in [5.74, 6) is 0.610. The van der Waals surface area contributed by atoms with Crippen LogP contribution >= 0.6 is 12.4 Å². The van der Waals surface area contributed by atoms with Gasteiger partial charge < -0.3 is 15.5 Å². The first-order valence-electron chi connectivity index (χ1n) is 9.73. The van der Waals surface area contributed by atoms with E-state index in [1.54, 1.807) is 12.1 Å². The Hall–Kier alpha value is -1.59. The number of amides is 2. The molecule has 1 atom stereocenters. The normalized spacial score (nSPS) is 16.0. The number of piperidine rings is 1. The van der Waals surface area contributed by atoms with Crippen LogP contribution in [0.3, 0.4) is 0 Å². The van der Waals surface area contributed by atoms with Gasteiger partial charge in [0.05, 0.1) is 0 Å². The Labute approximate surface area is 169 Å². The molecule has 1 aromatic rings. The van der Waals surface area contributed by atoms with Gasteiger partial charge in [-0.25, -0.2) is 0 Å². The van der Waals surface area contributed by atoms with Crippen LogP contribution in [0.4, 0.5) is 0 Å². The van der Waals surface area contributed by atoms with Gasteiger partial charge >= 0.3 is 0 Å². The molecule has 1 saturated heterocycles. The average molecular weight is 396 g/mol. The molecule has 2 amide bonds. The van der Waals surface area contributed by atoms with E-state index in [-0.39, 0.29) is 30.1 Å². The minimum absolute atomic E-state index is 0. The molecule has 1 aromatic carbocycles. The summed E-state index contributed by atoms with van der Waals surface area (Å²) in [7, 11) is 1.97. The van der Waals surface area contributed by atoms with Gasteiger partial charge in [0.2, 0.25) is 5.91 Å².